The van der Waals surface area contributed by atoms with E-state index < -0.39 is 0 Å². The van der Waals surface area contributed by atoms with Crippen LogP contribution in [-0.2, 0) is 6.54 Å². The molecular weight excluding hydrogens is 212 g/mol. The van der Waals surface area contributed by atoms with E-state index in [1.807, 2.05) is 6.92 Å². The summed E-state index contributed by atoms with van der Waals surface area (Å²) in [5.74, 6) is 1.62. The van der Waals surface area contributed by atoms with E-state index in [0.29, 0.717) is 6.54 Å². The molecule has 3 heteroatoms. The van der Waals surface area contributed by atoms with Gasteiger partial charge in [-0.05, 0) is 37.8 Å². The van der Waals surface area contributed by atoms with Crippen LogP contribution >= 0.6 is 0 Å². The lowest BCUT2D eigenvalue weighted by Gasteiger charge is -2.25. The third-order valence-corrected chi connectivity index (χ3v) is 3.63. The first-order chi connectivity index (χ1) is 8.20. The molecular formula is C14H22N2O. The van der Waals surface area contributed by atoms with Gasteiger partial charge in [0.25, 0.3) is 0 Å². The number of pyridine rings is 1. The largest absolute Gasteiger partial charge is 0.477 e. The lowest BCUT2D eigenvalue weighted by atomic mass is 9.83. The van der Waals surface area contributed by atoms with Crippen LogP contribution in [0.25, 0.3) is 0 Å². The summed E-state index contributed by atoms with van der Waals surface area (Å²) in [5.41, 5.74) is 8.97. The number of aryl methyl sites for hydroxylation is 2. The third kappa shape index (κ3) is 2.97. The smallest absolute Gasteiger partial charge is 0.218 e. The summed E-state index contributed by atoms with van der Waals surface area (Å²) in [6.07, 6.45) is 5.28. The Kier molecular flexibility index (Phi) is 4.00. The van der Waals surface area contributed by atoms with Crippen LogP contribution in [0.2, 0.25) is 0 Å². The molecule has 0 radical (unpaired) electrons. The van der Waals surface area contributed by atoms with Crippen molar-refractivity contribution < 1.29 is 4.74 Å². The Bertz CT molecular complexity index is 386. The Morgan fingerprint density at radius 1 is 1.41 bits per heavy atom. The second-order valence-electron chi connectivity index (χ2n) is 5.00. The average Bonchev–Trinajstić information content (AvgIpc) is 2.21. The number of rotatable bonds is 5. The lowest BCUT2D eigenvalue weighted by Crippen LogP contribution is -2.16. The minimum atomic E-state index is 0.498. The van der Waals surface area contributed by atoms with Gasteiger partial charge in [-0.2, -0.15) is 0 Å². The molecule has 0 bridgehead atoms. The molecule has 1 aliphatic rings. The van der Waals surface area contributed by atoms with Gasteiger partial charge in [-0.15, -0.1) is 0 Å². The Morgan fingerprint density at radius 2 is 2.18 bits per heavy atom. The summed E-state index contributed by atoms with van der Waals surface area (Å²) in [6, 6.07) is 2.06. The second kappa shape index (κ2) is 5.50. The second-order valence-corrected chi connectivity index (χ2v) is 5.00. The predicted octanol–water partition coefficient (Wildman–Crippen LogP) is 2.73. The van der Waals surface area contributed by atoms with Crippen molar-refractivity contribution in [2.45, 2.75) is 46.1 Å². The van der Waals surface area contributed by atoms with E-state index in [0.717, 1.165) is 36.1 Å². The monoisotopic (exact) mass is 234 g/mol. The van der Waals surface area contributed by atoms with E-state index in [1.54, 1.807) is 0 Å². The van der Waals surface area contributed by atoms with Crippen LogP contribution in [0.15, 0.2) is 6.07 Å². The number of ether oxygens (including phenoxy) is 1. The van der Waals surface area contributed by atoms with Gasteiger partial charge in [0.2, 0.25) is 5.88 Å². The van der Waals surface area contributed by atoms with E-state index in [9.17, 15) is 0 Å². The summed E-state index contributed by atoms with van der Waals surface area (Å²) in [4.78, 5) is 4.44. The van der Waals surface area contributed by atoms with Gasteiger partial charge < -0.3 is 10.5 Å². The fraction of sp³-hybridized carbons (Fsp3) is 0.643. The van der Waals surface area contributed by atoms with Crippen LogP contribution < -0.4 is 10.5 Å². The van der Waals surface area contributed by atoms with Gasteiger partial charge in [-0.1, -0.05) is 19.3 Å². The maximum absolute atomic E-state index is 5.80. The molecule has 1 fully saturated rings. The van der Waals surface area contributed by atoms with Crippen molar-refractivity contribution in [2.24, 2.45) is 11.7 Å². The molecule has 3 nitrogen and oxygen atoms in total. The number of hydrogen-bond acceptors (Lipinski definition) is 3. The van der Waals surface area contributed by atoms with Crippen molar-refractivity contribution in [3.05, 3.63) is 22.9 Å². The molecule has 1 heterocycles. The Morgan fingerprint density at radius 3 is 2.76 bits per heavy atom. The highest BCUT2D eigenvalue weighted by Crippen LogP contribution is 2.29. The van der Waals surface area contributed by atoms with E-state index >= 15 is 0 Å². The molecule has 94 valence electrons. The van der Waals surface area contributed by atoms with Gasteiger partial charge in [0, 0.05) is 17.8 Å². The zero-order valence-corrected chi connectivity index (χ0v) is 10.8. The SMILES string of the molecule is Cc1cc(C)c(CN)c(OCCC2CCC2)n1. The van der Waals surface area contributed by atoms with Gasteiger partial charge in [-0.25, -0.2) is 4.98 Å². The first-order valence-corrected chi connectivity index (χ1v) is 6.50. The highest BCUT2D eigenvalue weighted by Gasteiger charge is 2.17. The molecule has 0 spiro atoms. The highest BCUT2D eigenvalue weighted by molar-refractivity contribution is 5.35. The topological polar surface area (TPSA) is 48.1 Å². The minimum absolute atomic E-state index is 0.498. The standard InChI is InChI=1S/C14H22N2O/c1-10-8-11(2)16-14(13(10)9-15)17-7-6-12-4-3-5-12/h8,12H,3-7,9,15H2,1-2H3. The summed E-state index contributed by atoms with van der Waals surface area (Å²) in [6.45, 7) is 5.33. The molecule has 2 rings (SSSR count). The van der Waals surface area contributed by atoms with Crippen LogP contribution in [-0.4, -0.2) is 11.6 Å². The summed E-state index contributed by atoms with van der Waals surface area (Å²) < 4.78 is 5.80. The molecule has 1 aromatic rings. The molecule has 0 saturated heterocycles. The van der Waals surface area contributed by atoms with Gasteiger partial charge in [0.15, 0.2) is 0 Å². The number of nitrogens with two attached hydrogens (primary N) is 1. The van der Waals surface area contributed by atoms with Crippen molar-refractivity contribution in [1.82, 2.24) is 4.98 Å². The van der Waals surface area contributed by atoms with E-state index in [2.05, 4.69) is 18.0 Å². The maximum Gasteiger partial charge on any atom is 0.218 e. The fourth-order valence-electron chi connectivity index (χ4n) is 2.30. The van der Waals surface area contributed by atoms with Crippen LogP contribution in [0.3, 0.4) is 0 Å². The normalized spacial score (nSPS) is 15.7. The zero-order chi connectivity index (χ0) is 12.3. The highest BCUT2D eigenvalue weighted by atomic mass is 16.5. The van der Waals surface area contributed by atoms with Crippen LogP contribution in [0, 0.1) is 19.8 Å². The number of nitrogens with zero attached hydrogens (tertiary/aromatic N) is 1. The van der Waals surface area contributed by atoms with E-state index in [1.165, 1.54) is 24.8 Å². The summed E-state index contributed by atoms with van der Waals surface area (Å²) in [7, 11) is 0. The van der Waals surface area contributed by atoms with Gasteiger partial charge in [0.05, 0.1) is 6.61 Å². The van der Waals surface area contributed by atoms with Crippen molar-refractivity contribution in [1.29, 1.82) is 0 Å². The average molecular weight is 234 g/mol. The minimum Gasteiger partial charge on any atom is -0.477 e. The first kappa shape index (κ1) is 12.4. The molecule has 1 saturated carbocycles. The van der Waals surface area contributed by atoms with Crippen molar-refractivity contribution in [3.63, 3.8) is 0 Å². The zero-order valence-electron chi connectivity index (χ0n) is 10.8. The summed E-state index contributed by atoms with van der Waals surface area (Å²) in [5, 5.41) is 0. The number of aromatic nitrogens is 1. The molecule has 1 aromatic heterocycles. The molecule has 0 atom stereocenters. The predicted molar refractivity (Wildman–Crippen MR) is 69.1 cm³/mol. The van der Waals surface area contributed by atoms with Crippen molar-refractivity contribution in [3.8, 4) is 5.88 Å². The van der Waals surface area contributed by atoms with Crippen LogP contribution in [0.5, 0.6) is 5.88 Å². The maximum atomic E-state index is 5.80. The van der Waals surface area contributed by atoms with Crippen LogP contribution in [0.1, 0.15) is 42.5 Å². The van der Waals surface area contributed by atoms with Crippen molar-refractivity contribution in [2.75, 3.05) is 6.61 Å². The number of hydrogen-bond donors (Lipinski definition) is 1. The van der Waals surface area contributed by atoms with E-state index in [4.69, 9.17) is 10.5 Å². The molecule has 2 N–H and O–H groups in total. The summed E-state index contributed by atoms with van der Waals surface area (Å²) >= 11 is 0. The first-order valence-electron chi connectivity index (χ1n) is 6.50. The molecule has 0 amide bonds. The lowest BCUT2D eigenvalue weighted by molar-refractivity contribution is 0.216. The Balaban J connectivity index is 1.97. The Labute approximate surface area is 103 Å². The Hall–Kier alpha value is -1.09. The van der Waals surface area contributed by atoms with Gasteiger partial charge in [-0.3, -0.25) is 0 Å². The molecule has 0 unspecified atom stereocenters. The van der Waals surface area contributed by atoms with Crippen LogP contribution in [0.4, 0.5) is 0 Å². The van der Waals surface area contributed by atoms with Gasteiger partial charge >= 0.3 is 0 Å². The van der Waals surface area contributed by atoms with E-state index in [-0.39, 0.29) is 0 Å². The fourth-order valence-corrected chi connectivity index (χ4v) is 2.30. The molecule has 17 heavy (non-hydrogen) atoms. The molecule has 0 aromatic carbocycles. The van der Waals surface area contributed by atoms with Gasteiger partial charge in [0.1, 0.15) is 0 Å². The third-order valence-electron chi connectivity index (χ3n) is 3.63. The van der Waals surface area contributed by atoms with Crippen molar-refractivity contribution >= 4 is 0 Å². The molecule has 0 aliphatic heterocycles. The quantitative estimate of drug-likeness (QED) is 0.852. The molecule has 1 aliphatic carbocycles.